The van der Waals surface area contributed by atoms with Crippen molar-refractivity contribution in [3.8, 4) is 0 Å². The van der Waals surface area contributed by atoms with Crippen LogP contribution in [0, 0.1) is 11.8 Å². The van der Waals surface area contributed by atoms with Crippen LogP contribution in [-0.4, -0.2) is 34.5 Å². The summed E-state index contributed by atoms with van der Waals surface area (Å²) < 4.78 is -0.00186. The summed E-state index contributed by atoms with van der Waals surface area (Å²) in [6.45, 7) is 4.68. The van der Waals surface area contributed by atoms with Crippen molar-refractivity contribution in [3.05, 3.63) is 0 Å². The van der Waals surface area contributed by atoms with Gasteiger partial charge in [0.1, 0.15) is 0 Å². The van der Waals surface area contributed by atoms with Gasteiger partial charge in [0.05, 0.1) is 11.8 Å². The highest BCUT2D eigenvalue weighted by molar-refractivity contribution is 7.99. The molecule has 0 aromatic rings. The predicted octanol–water partition coefficient (Wildman–Crippen LogP) is 1.35. The van der Waals surface area contributed by atoms with E-state index in [-0.39, 0.29) is 16.6 Å². The second kappa shape index (κ2) is 5.08. The highest BCUT2D eigenvalue weighted by atomic mass is 32.2. The Labute approximate surface area is 100 Å². The van der Waals surface area contributed by atoms with Crippen LogP contribution >= 0.6 is 11.8 Å². The molecule has 0 aromatic heterocycles. The molecule has 0 bridgehead atoms. The number of nitrogens with one attached hydrogen (secondary N) is 1. The summed E-state index contributed by atoms with van der Waals surface area (Å²) in [5.74, 6) is -1.76. The molecule has 0 radical (unpaired) electrons. The summed E-state index contributed by atoms with van der Waals surface area (Å²) in [5.41, 5.74) is 0. The average Bonchev–Trinajstić information content (AvgIpc) is 2.12. The quantitative estimate of drug-likeness (QED) is 0.767. The minimum atomic E-state index is -0.851. The van der Waals surface area contributed by atoms with E-state index < -0.39 is 11.9 Å². The van der Waals surface area contributed by atoms with Crippen molar-refractivity contribution in [1.82, 2.24) is 5.32 Å². The van der Waals surface area contributed by atoms with Gasteiger partial charge >= 0.3 is 5.97 Å². The van der Waals surface area contributed by atoms with Gasteiger partial charge in [0.2, 0.25) is 5.91 Å². The molecule has 0 aliphatic heterocycles. The van der Waals surface area contributed by atoms with E-state index in [1.165, 1.54) is 0 Å². The van der Waals surface area contributed by atoms with Gasteiger partial charge in [-0.3, -0.25) is 9.59 Å². The fourth-order valence-corrected chi connectivity index (χ4v) is 1.83. The largest absolute Gasteiger partial charge is 0.481 e. The topological polar surface area (TPSA) is 66.4 Å². The number of carboxylic acid groups (broad SMARTS) is 1. The summed E-state index contributed by atoms with van der Waals surface area (Å²) in [5, 5.41) is 11.7. The number of hydrogen-bond acceptors (Lipinski definition) is 3. The van der Waals surface area contributed by atoms with Gasteiger partial charge in [-0.15, -0.1) is 0 Å². The number of aliphatic carboxylic acids is 1. The highest BCUT2D eigenvalue weighted by Crippen LogP contribution is 2.34. The van der Waals surface area contributed by atoms with Crippen LogP contribution in [0.4, 0.5) is 0 Å². The zero-order valence-electron chi connectivity index (χ0n) is 9.95. The third-order valence-electron chi connectivity index (χ3n) is 3.17. The van der Waals surface area contributed by atoms with Gasteiger partial charge in [0, 0.05) is 11.3 Å². The molecule has 1 aliphatic rings. The molecule has 0 saturated heterocycles. The lowest BCUT2D eigenvalue weighted by atomic mass is 9.73. The molecular weight excluding hydrogens is 226 g/mol. The Morgan fingerprint density at radius 1 is 1.38 bits per heavy atom. The van der Waals surface area contributed by atoms with Crippen molar-refractivity contribution in [1.29, 1.82) is 0 Å². The summed E-state index contributed by atoms with van der Waals surface area (Å²) in [7, 11) is 0. The fourth-order valence-electron chi connectivity index (χ4n) is 1.61. The molecule has 1 aliphatic carbocycles. The van der Waals surface area contributed by atoms with Crippen molar-refractivity contribution in [2.75, 3.05) is 12.8 Å². The number of rotatable bonds is 5. The monoisotopic (exact) mass is 245 g/mol. The van der Waals surface area contributed by atoms with Gasteiger partial charge in [0.15, 0.2) is 0 Å². The number of carboxylic acids is 1. The lowest BCUT2D eigenvalue weighted by molar-refractivity contribution is -0.152. The molecular formula is C11H19NO3S. The zero-order chi connectivity index (χ0) is 12.3. The van der Waals surface area contributed by atoms with Gasteiger partial charge in [-0.25, -0.2) is 0 Å². The van der Waals surface area contributed by atoms with Crippen molar-refractivity contribution in [2.24, 2.45) is 11.8 Å². The SMILES string of the molecule is CSC(C)(C)CNC(=O)C1CCC1C(=O)O. The lowest BCUT2D eigenvalue weighted by Gasteiger charge is -2.33. The summed E-state index contributed by atoms with van der Waals surface area (Å²) in [6, 6.07) is 0. The molecule has 0 aromatic carbocycles. The Morgan fingerprint density at radius 2 is 1.94 bits per heavy atom. The first-order valence-corrected chi connectivity index (χ1v) is 6.65. The number of thioether (sulfide) groups is 1. The van der Waals surface area contributed by atoms with Crippen LogP contribution in [0.2, 0.25) is 0 Å². The van der Waals surface area contributed by atoms with E-state index in [1.807, 2.05) is 20.1 Å². The van der Waals surface area contributed by atoms with Crippen molar-refractivity contribution >= 4 is 23.6 Å². The van der Waals surface area contributed by atoms with Gasteiger partial charge < -0.3 is 10.4 Å². The Kier molecular flexibility index (Phi) is 4.24. The Hall–Kier alpha value is -0.710. The molecule has 92 valence electrons. The van der Waals surface area contributed by atoms with Crippen molar-refractivity contribution in [3.63, 3.8) is 0 Å². The first kappa shape index (κ1) is 13.4. The van der Waals surface area contributed by atoms with Crippen LogP contribution in [-0.2, 0) is 9.59 Å². The smallest absolute Gasteiger partial charge is 0.307 e. The average molecular weight is 245 g/mol. The minimum absolute atomic E-state index is 0.00186. The molecule has 1 rings (SSSR count). The number of amides is 1. The maximum Gasteiger partial charge on any atom is 0.307 e. The van der Waals surface area contributed by atoms with E-state index in [9.17, 15) is 9.59 Å². The fraction of sp³-hybridized carbons (Fsp3) is 0.818. The van der Waals surface area contributed by atoms with E-state index in [1.54, 1.807) is 11.8 Å². The molecule has 16 heavy (non-hydrogen) atoms. The van der Waals surface area contributed by atoms with Gasteiger partial charge in [-0.05, 0) is 32.9 Å². The molecule has 5 heteroatoms. The molecule has 0 heterocycles. The zero-order valence-corrected chi connectivity index (χ0v) is 10.8. The highest BCUT2D eigenvalue weighted by Gasteiger charge is 2.41. The standard InChI is InChI=1S/C11H19NO3S/c1-11(2,16-3)6-12-9(13)7-4-5-8(7)10(14)15/h7-8H,4-6H2,1-3H3,(H,12,13)(H,14,15). The second-order valence-corrected chi connectivity index (χ2v) is 6.32. The first-order valence-electron chi connectivity index (χ1n) is 5.43. The van der Waals surface area contributed by atoms with E-state index in [2.05, 4.69) is 5.32 Å². The maximum absolute atomic E-state index is 11.7. The van der Waals surface area contributed by atoms with Crippen LogP contribution in [0.25, 0.3) is 0 Å². The van der Waals surface area contributed by atoms with E-state index in [0.717, 1.165) is 0 Å². The normalized spacial score (nSPS) is 24.7. The molecule has 1 amide bonds. The van der Waals surface area contributed by atoms with E-state index >= 15 is 0 Å². The van der Waals surface area contributed by atoms with Crippen LogP contribution in [0.15, 0.2) is 0 Å². The minimum Gasteiger partial charge on any atom is -0.481 e. The number of carbonyl (C=O) groups is 2. The number of carbonyl (C=O) groups excluding carboxylic acids is 1. The van der Waals surface area contributed by atoms with Crippen LogP contribution < -0.4 is 5.32 Å². The van der Waals surface area contributed by atoms with Crippen molar-refractivity contribution < 1.29 is 14.7 Å². The van der Waals surface area contributed by atoms with Crippen molar-refractivity contribution in [2.45, 2.75) is 31.4 Å². The van der Waals surface area contributed by atoms with E-state index in [4.69, 9.17) is 5.11 Å². The Morgan fingerprint density at radius 3 is 2.31 bits per heavy atom. The maximum atomic E-state index is 11.7. The van der Waals surface area contributed by atoms with E-state index in [0.29, 0.717) is 19.4 Å². The lowest BCUT2D eigenvalue weighted by Crippen LogP contribution is -2.46. The second-order valence-electron chi connectivity index (χ2n) is 4.81. The molecule has 0 spiro atoms. The Balaban J connectivity index is 2.39. The first-order chi connectivity index (χ1) is 7.37. The van der Waals surface area contributed by atoms with Crippen LogP contribution in [0.1, 0.15) is 26.7 Å². The third kappa shape index (κ3) is 3.14. The molecule has 2 atom stereocenters. The summed E-state index contributed by atoms with van der Waals surface area (Å²) in [6.07, 6.45) is 3.32. The third-order valence-corrected chi connectivity index (χ3v) is 4.42. The Bertz CT molecular complexity index is 291. The molecule has 1 fully saturated rings. The molecule has 1 saturated carbocycles. The summed E-state index contributed by atoms with van der Waals surface area (Å²) >= 11 is 1.68. The van der Waals surface area contributed by atoms with Crippen LogP contribution in [0.5, 0.6) is 0 Å². The number of hydrogen-bond donors (Lipinski definition) is 2. The van der Waals surface area contributed by atoms with Gasteiger partial charge in [0.25, 0.3) is 0 Å². The molecule has 2 unspecified atom stereocenters. The van der Waals surface area contributed by atoms with Gasteiger partial charge in [-0.1, -0.05) is 0 Å². The molecule has 4 nitrogen and oxygen atoms in total. The predicted molar refractivity (Wildman–Crippen MR) is 64.5 cm³/mol. The van der Waals surface area contributed by atoms with Crippen LogP contribution in [0.3, 0.4) is 0 Å². The molecule has 2 N–H and O–H groups in total. The van der Waals surface area contributed by atoms with Gasteiger partial charge in [-0.2, -0.15) is 11.8 Å². The summed E-state index contributed by atoms with van der Waals surface area (Å²) in [4.78, 5) is 22.5.